The second-order valence-electron chi connectivity index (χ2n) is 9.82. The zero-order chi connectivity index (χ0) is 24.3. The quantitative estimate of drug-likeness (QED) is 0.284. The van der Waals surface area contributed by atoms with E-state index in [1.54, 1.807) is 11.3 Å². The number of fused-ring (bicyclic) bond motifs is 4. The number of carbonyl (C=O) groups is 1. The molecule has 2 aromatic heterocycles. The molecule has 178 valence electrons. The lowest BCUT2D eigenvalue weighted by Gasteiger charge is -2.45. The molecule has 5 aromatic rings. The number of benzene rings is 3. The topological polar surface area (TPSA) is 51.0 Å². The fraction of sp³-hybridized carbons (Fsp3) is 0.233. The molecule has 0 aliphatic carbocycles. The van der Waals surface area contributed by atoms with Gasteiger partial charge in [-0.3, -0.25) is 4.79 Å². The van der Waals surface area contributed by atoms with Gasteiger partial charge >= 0.3 is 0 Å². The van der Waals surface area contributed by atoms with Crippen LogP contribution in [-0.2, 0) is 11.8 Å². The largest absolute Gasteiger partial charge is 0.352 e. The Morgan fingerprint density at radius 3 is 2.47 bits per heavy atom. The third-order valence-corrected chi connectivity index (χ3v) is 9.04. The van der Waals surface area contributed by atoms with Gasteiger partial charge in [0.1, 0.15) is 16.2 Å². The molecule has 5 nitrogen and oxygen atoms in total. The molecule has 0 N–H and O–H groups in total. The van der Waals surface area contributed by atoms with E-state index in [1.165, 1.54) is 0 Å². The summed E-state index contributed by atoms with van der Waals surface area (Å²) in [5.41, 5.74) is 4.13. The molecule has 2 aliphatic heterocycles. The van der Waals surface area contributed by atoms with Gasteiger partial charge in [0, 0.05) is 17.7 Å². The summed E-state index contributed by atoms with van der Waals surface area (Å²) in [7, 11) is 0. The second-order valence-corrected chi connectivity index (χ2v) is 10.8. The van der Waals surface area contributed by atoms with Gasteiger partial charge in [-0.2, -0.15) is 5.10 Å². The number of para-hydroxylation sites is 2. The van der Waals surface area contributed by atoms with Crippen molar-refractivity contribution in [1.29, 1.82) is 0 Å². The highest BCUT2D eigenvalue weighted by Gasteiger charge is 2.57. The lowest BCUT2D eigenvalue weighted by Crippen LogP contribution is -2.57. The van der Waals surface area contributed by atoms with Crippen LogP contribution in [0.25, 0.3) is 15.9 Å². The van der Waals surface area contributed by atoms with E-state index >= 15 is 0 Å². The summed E-state index contributed by atoms with van der Waals surface area (Å²) < 4.78 is 3.21. The minimum atomic E-state index is -0.760. The first-order valence-corrected chi connectivity index (χ1v) is 13.3. The van der Waals surface area contributed by atoms with Crippen molar-refractivity contribution >= 4 is 33.2 Å². The van der Waals surface area contributed by atoms with E-state index in [2.05, 4.69) is 40.8 Å². The monoisotopic (exact) mass is 490 g/mol. The molecular weight excluding hydrogens is 464 g/mol. The molecule has 0 radical (unpaired) electrons. The van der Waals surface area contributed by atoms with Crippen LogP contribution in [-0.4, -0.2) is 33.1 Å². The van der Waals surface area contributed by atoms with Crippen molar-refractivity contribution in [3.05, 3.63) is 107 Å². The van der Waals surface area contributed by atoms with Crippen molar-refractivity contribution in [3.8, 4) is 5.69 Å². The lowest BCUT2D eigenvalue weighted by molar-refractivity contribution is 0.0849. The maximum absolute atomic E-state index is 14.7. The van der Waals surface area contributed by atoms with E-state index in [0.29, 0.717) is 6.42 Å². The first-order valence-electron chi connectivity index (χ1n) is 12.5. The molecule has 0 unspecified atom stereocenters. The standard InChI is InChI=1S/C30H26N4OS/c1-20-23-19-30(27(35)21-11-4-2-5-12-21,29-31-24-15-8-9-16-25(24)36-29)26-17-10-18-33(26)28(23)34(32-20)22-13-6-3-7-14-22/h2-9,11-16,26H,10,17-19H2,1H3/t26-,30+/m1/s1. The predicted octanol–water partition coefficient (Wildman–Crippen LogP) is 6.14. The third kappa shape index (κ3) is 3.04. The lowest BCUT2D eigenvalue weighted by atomic mass is 9.67. The van der Waals surface area contributed by atoms with Crippen LogP contribution in [0.5, 0.6) is 0 Å². The Bertz CT molecular complexity index is 1560. The van der Waals surface area contributed by atoms with Crippen LogP contribution in [0.15, 0.2) is 84.9 Å². The van der Waals surface area contributed by atoms with Crippen LogP contribution in [0.2, 0.25) is 0 Å². The van der Waals surface area contributed by atoms with Crippen molar-refractivity contribution in [2.45, 2.75) is 37.6 Å². The zero-order valence-electron chi connectivity index (χ0n) is 20.1. The summed E-state index contributed by atoms with van der Waals surface area (Å²) in [6.45, 7) is 2.98. The highest BCUT2D eigenvalue weighted by molar-refractivity contribution is 7.18. The first kappa shape index (κ1) is 21.5. The molecule has 6 heteroatoms. The van der Waals surface area contributed by atoms with E-state index in [4.69, 9.17) is 10.1 Å². The summed E-state index contributed by atoms with van der Waals surface area (Å²) in [4.78, 5) is 22.2. The Morgan fingerprint density at radius 1 is 0.972 bits per heavy atom. The molecule has 7 rings (SSSR count). The second kappa shape index (κ2) is 8.14. The Morgan fingerprint density at radius 2 is 1.69 bits per heavy atom. The summed E-state index contributed by atoms with van der Waals surface area (Å²) >= 11 is 1.67. The van der Waals surface area contributed by atoms with Gasteiger partial charge in [-0.05, 0) is 50.5 Å². The molecule has 36 heavy (non-hydrogen) atoms. The number of Topliss-reactive ketones (excluding diaryl/α,β-unsaturated/α-hetero) is 1. The molecule has 0 saturated carbocycles. The Hall–Kier alpha value is -3.77. The van der Waals surface area contributed by atoms with E-state index < -0.39 is 5.41 Å². The van der Waals surface area contributed by atoms with Gasteiger partial charge in [-0.15, -0.1) is 11.3 Å². The molecule has 2 aliphatic rings. The summed E-state index contributed by atoms with van der Waals surface area (Å²) in [6.07, 6.45) is 2.60. The van der Waals surface area contributed by atoms with Gasteiger partial charge in [-0.1, -0.05) is 60.7 Å². The van der Waals surface area contributed by atoms with Crippen LogP contribution in [0.1, 0.15) is 39.5 Å². The molecule has 3 aromatic carbocycles. The van der Waals surface area contributed by atoms with E-state index in [9.17, 15) is 4.79 Å². The van der Waals surface area contributed by atoms with Crippen molar-refractivity contribution in [2.75, 3.05) is 11.4 Å². The average molecular weight is 491 g/mol. The number of rotatable bonds is 4. The van der Waals surface area contributed by atoms with Crippen LogP contribution >= 0.6 is 11.3 Å². The van der Waals surface area contributed by atoms with E-state index in [1.807, 2.05) is 60.7 Å². The van der Waals surface area contributed by atoms with Crippen molar-refractivity contribution in [3.63, 3.8) is 0 Å². The summed E-state index contributed by atoms with van der Waals surface area (Å²) in [6, 6.07) is 28.4. The minimum Gasteiger partial charge on any atom is -0.352 e. The van der Waals surface area contributed by atoms with Crippen molar-refractivity contribution < 1.29 is 4.79 Å². The normalized spacial score (nSPS) is 20.9. The minimum absolute atomic E-state index is 0.0248. The molecule has 0 bridgehead atoms. The van der Waals surface area contributed by atoms with Crippen LogP contribution < -0.4 is 4.90 Å². The van der Waals surface area contributed by atoms with E-state index in [0.717, 1.165) is 62.9 Å². The molecular formula is C30H26N4OS. The van der Waals surface area contributed by atoms with Gasteiger partial charge < -0.3 is 4.90 Å². The fourth-order valence-electron chi connectivity index (χ4n) is 6.18. The highest BCUT2D eigenvalue weighted by Crippen LogP contribution is 2.51. The summed E-state index contributed by atoms with van der Waals surface area (Å²) in [5, 5.41) is 5.93. The molecule has 1 saturated heterocycles. The van der Waals surface area contributed by atoms with Gasteiger partial charge in [-0.25, -0.2) is 9.67 Å². The number of aryl methyl sites for hydroxylation is 1. The number of anilines is 1. The maximum atomic E-state index is 14.7. The molecule has 0 amide bonds. The van der Waals surface area contributed by atoms with Crippen LogP contribution in [0.4, 0.5) is 5.82 Å². The summed E-state index contributed by atoms with van der Waals surface area (Å²) in [5.74, 6) is 1.30. The zero-order valence-corrected chi connectivity index (χ0v) is 20.9. The number of hydrogen-bond acceptors (Lipinski definition) is 5. The number of thiazole rings is 1. The Kier molecular flexibility index (Phi) is 4.86. The van der Waals surface area contributed by atoms with Crippen molar-refractivity contribution in [1.82, 2.24) is 14.8 Å². The molecule has 2 atom stereocenters. The molecule has 0 spiro atoms. The highest BCUT2D eigenvalue weighted by atomic mass is 32.1. The van der Waals surface area contributed by atoms with Crippen LogP contribution in [0, 0.1) is 6.92 Å². The number of hydrogen-bond donors (Lipinski definition) is 0. The Balaban J connectivity index is 1.49. The number of nitrogens with zero attached hydrogens (tertiary/aromatic N) is 4. The fourth-order valence-corrected chi connectivity index (χ4v) is 7.38. The maximum Gasteiger partial charge on any atom is 0.178 e. The predicted molar refractivity (Wildman–Crippen MR) is 144 cm³/mol. The first-order chi connectivity index (χ1) is 17.7. The van der Waals surface area contributed by atoms with Gasteiger partial charge in [0.25, 0.3) is 0 Å². The van der Waals surface area contributed by atoms with E-state index in [-0.39, 0.29) is 11.8 Å². The molecule has 4 heterocycles. The smallest absolute Gasteiger partial charge is 0.178 e. The number of aromatic nitrogens is 3. The van der Waals surface area contributed by atoms with Crippen LogP contribution in [0.3, 0.4) is 0 Å². The Labute approximate surface area is 214 Å². The number of ketones is 1. The van der Waals surface area contributed by atoms with Gasteiger partial charge in [0.15, 0.2) is 5.78 Å². The third-order valence-electron chi connectivity index (χ3n) is 7.82. The average Bonchev–Trinajstić information content (AvgIpc) is 3.66. The SMILES string of the molecule is Cc1nn(-c2ccccc2)c2c1C[C@](C(=O)c1ccccc1)(c1nc3ccccc3s1)[C@H]1CCCN21. The van der Waals surface area contributed by atoms with Gasteiger partial charge in [0.2, 0.25) is 0 Å². The number of carbonyl (C=O) groups excluding carboxylic acids is 1. The molecule has 1 fully saturated rings. The van der Waals surface area contributed by atoms with Crippen molar-refractivity contribution in [2.24, 2.45) is 0 Å². The van der Waals surface area contributed by atoms with Gasteiger partial charge in [0.05, 0.1) is 27.6 Å².